The average Bonchev–Trinajstić information content (AvgIpc) is 3.27. The number of hydrogen-bond donors (Lipinski definition) is 0. The van der Waals surface area contributed by atoms with Gasteiger partial charge in [0.2, 0.25) is 0 Å². The van der Waals surface area contributed by atoms with Crippen LogP contribution in [0, 0.1) is 0 Å². The second kappa shape index (κ2) is 10.8. The molecule has 0 spiro atoms. The number of piperidine rings is 1. The number of carbonyl (C=O) groups is 2. The minimum atomic E-state index is -0.00258. The summed E-state index contributed by atoms with van der Waals surface area (Å²) < 4.78 is 0. The monoisotopic (exact) mass is 435 g/mol. The molecule has 172 valence electrons. The third-order valence-corrected chi connectivity index (χ3v) is 6.56. The molecule has 2 fully saturated rings. The van der Waals surface area contributed by atoms with Crippen LogP contribution in [0.15, 0.2) is 48.5 Å². The summed E-state index contributed by atoms with van der Waals surface area (Å²) in [6, 6.07) is 15.9. The molecule has 0 bridgehead atoms. The minimum absolute atomic E-state index is 0. The smallest absolute Gasteiger partial charge is 0.254 e. The Balaban J connectivity index is 0.00000289. The van der Waals surface area contributed by atoms with Gasteiger partial charge < -0.3 is 14.7 Å². The predicted octanol–water partition coefficient (Wildman–Crippen LogP) is 4.78. The summed E-state index contributed by atoms with van der Waals surface area (Å²) in [5.74, 6) is 0.148. The van der Waals surface area contributed by atoms with E-state index in [4.69, 9.17) is 0 Å². The van der Waals surface area contributed by atoms with Crippen molar-refractivity contribution in [3.05, 3.63) is 59.7 Å². The van der Waals surface area contributed by atoms with Crippen LogP contribution >= 0.6 is 0 Å². The molecule has 0 saturated carbocycles. The van der Waals surface area contributed by atoms with Gasteiger partial charge in [0.05, 0.1) is 0 Å². The second-order valence-electron chi connectivity index (χ2n) is 9.01. The number of amides is 2. The molecule has 5 nitrogen and oxygen atoms in total. The van der Waals surface area contributed by atoms with Crippen LogP contribution in [0.1, 0.15) is 60.2 Å². The van der Waals surface area contributed by atoms with Crippen LogP contribution in [0.5, 0.6) is 0 Å². The first-order chi connectivity index (χ1) is 15.0. The maximum absolute atomic E-state index is 13.2. The lowest BCUT2D eigenvalue weighted by atomic mass is 10.0. The summed E-state index contributed by atoms with van der Waals surface area (Å²) in [5.41, 5.74) is 3.52. The maximum Gasteiger partial charge on any atom is 0.254 e. The van der Waals surface area contributed by atoms with Crippen molar-refractivity contribution in [3.8, 4) is 11.1 Å². The molecule has 4 rings (SSSR count). The summed E-state index contributed by atoms with van der Waals surface area (Å²) in [7, 11) is 3.51. The first-order valence-corrected chi connectivity index (χ1v) is 11.5. The quantitative estimate of drug-likeness (QED) is 0.679. The molecule has 0 aromatic heterocycles. The molecule has 2 aromatic carbocycles. The van der Waals surface area contributed by atoms with Gasteiger partial charge in [-0.3, -0.25) is 9.59 Å². The number of benzene rings is 2. The SMILES string of the molecule is C.CN(C)C(=O)c1ccc(-c2ccc(C(=O)N3CCC[C@H]3CN3CCCCC3)cc2)cc1. The zero-order valence-electron chi connectivity index (χ0n) is 18.7. The number of nitrogens with zero attached hydrogens (tertiary/aromatic N) is 3. The van der Waals surface area contributed by atoms with Crippen molar-refractivity contribution in [2.24, 2.45) is 0 Å². The molecule has 0 N–H and O–H groups in total. The molecule has 2 saturated heterocycles. The Morgan fingerprint density at radius 2 is 1.38 bits per heavy atom. The number of carbonyl (C=O) groups excluding carboxylic acids is 2. The van der Waals surface area contributed by atoms with Gasteiger partial charge in [0, 0.05) is 44.4 Å². The molecule has 2 aliphatic rings. The van der Waals surface area contributed by atoms with Gasteiger partial charge in [-0.15, -0.1) is 0 Å². The summed E-state index contributed by atoms with van der Waals surface area (Å²) in [6.07, 6.45) is 6.11. The lowest BCUT2D eigenvalue weighted by Crippen LogP contribution is -2.44. The molecule has 2 aliphatic heterocycles. The molecular weight excluding hydrogens is 398 g/mol. The van der Waals surface area contributed by atoms with E-state index in [0.29, 0.717) is 11.6 Å². The van der Waals surface area contributed by atoms with Crippen LogP contribution in [0.3, 0.4) is 0 Å². The van der Waals surface area contributed by atoms with Crippen molar-refractivity contribution < 1.29 is 9.59 Å². The van der Waals surface area contributed by atoms with Crippen LogP contribution in [0.4, 0.5) is 0 Å². The van der Waals surface area contributed by atoms with Crippen molar-refractivity contribution in [1.29, 1.82) is 0 Å². The highest BCUT2D eigenvalue weighted by atomic mass is 16.2. The van der Waals surface area contributed by atoms with Crippen molar-refractivity contribution in [1.82, 2.24) is 14.7 Å². The molecule has 2 amide bonds. The average molecular weight is 436 g/mol. The Morgan fingerprint density at radius 1 is 0.812 bits per heavy atom. The molecule has 0 unspecified atom stereocenters. The molecule has 2 aromatic rings. The van der Waals surface area contributed by atoms with Crippen molar-refractivity contribution in [2.75, 3.05) is 40.3 Å². The normalized spacial score (nSPS) is 18.8. The lowest BCUT2D eigenvalue weighted by Gasteiger charge is -2.33. The van der Waals surface area contributed by atoms with Gasteiger partial charge in [0.25, 0.3) is 11.8 Å². The van der Waals surface area contributed by atoms with Gasteiger partial charge >= 0.3 is 0 Å². The zero-order valence-corrected chi connectivity index (χ0v) is 18.7. The first kappa shape index (κ1) is 24.0. The van der Waals surface area contributed by atoms with E-state index in [1.54, 1.807) is 19.0 Å². The maximum atomic E-state index is 13.2. The molecule has 0 aliphatic carbocycles. The van der Waals surface area contributed by atoms with E-state index in [2.05, 4.69) is 9.80 Å². The predicted molar refractivity (Wildman–Crippen MR) is 131 cm³/mol. The lowest BCUT2D eigenvalue weighted by molar-refractivity contribution is 0.0690. The van der Waals surface area contributed by atoms with Crippen molar-refractivity contribution >= 4 is 11.8 Å². The fraction of sp³-hybridized carbons (Fsp3) is 0.481. The van der Waals surface area contributed by atoms with Gasteiger partial charge in [-0.05, 0) is 74.2 Å². The van der Waals surface area contributed by atoms with E-state index in [0.717, 1.165) is 42.6 Å². The summed E-state index contributed by atoms with van der Waals surface area (Å²) in [5, 5.41) is 0. The molecule has 5 heteroatoms. The number of rotatable bonds is 5. The van der Waals surface area contributed by atoms with E-state index in [1.807, 2.05) is 48.5 Å². The highest BCUT2D eigenvalue weighted by molar-refractivity contribution is 5.96. The number of likely N-dealkylation sites (tertiary alicyclic amines) is 2. The third kappa shape index (κ3) is 5.39. The summed E-state index contributed by atoms with van der Waals surface area (Å²) in [4.78, 5) is 31.5. The highest BCUT2D eigenvalue weighted by Crippen LogP contribution is 2.25. The molecule has 0 radical (unpaired) electrons. The number of hydrogen-bond acceptors (Lipinski definition) is 3. The molecule has 1 atom stereocenters. The van der Waals surface area contributed by atoms with Gasteiger partial charge in [-0.2, -0.15) is 0 Å². The molecule has 32 heavy (non-hydrogen) atoms. The Kier molecular flexibility index (Phi) is 8.08. The Bertz CT molecular complexity index is 900. The van der Waals surface area contributed by atoms with E-state index < -0.39 is 0 Å². The minimum Gasteiger partial charge on any atom is -0.345 e. The van der Waals surface area contributed by atoms with E-state index in [-0.39, 0.29) is 19.2 Å². The zero-order chi connectivity index (χ0) is 21.8. The highest BCUT2D eigenvalue weighted by Gasteiger charge is 2.31. The van der Waals surface area contributed by atoms with Gasteiger partial charge in [-0.1, -0.05) is 38.1 Å². The van der Waals surface area contributed by atoms with Gasteiger partial charge in [0.1, 0.15) is 0 Å². The van der Waals surface area contributed by atoms with Crippen LogP contribution in [0.25, 0.3) is 11.1 Å². The van der Waals surface area contributed by atoms with Crippen molar-refractivity contribution in [2.45, 2.75) is 45.6 Å². The fourth-order valence-corrected chi connectivity index (χ4v) is 4.77. The Hall–Kier alpha value is -2.66. The van der Waals surface area contributed by atoms with Crippen LogP contribution in [0.2, 0.25) is 0 Å². The Morgan fingerprint density at radius 3 is 1.94 bits per heavy atom. The van der Waals surface area contributed by atoms with E-state index in [9.17, 15) is 9.59 Å². The van der Waals surface area contributed by atoms with E-state index in [1.165, 1.54) is 32.4 Å². The van der Waals surface area contributed by atoms with Gasteiger partial charge in [-0.25, -0.2) is 0 Å². The van der Waals surface area contributed by atoms with Crippen molar-refractivity contribution in [3.63, 3.8) is 0 Å². The fourth-order valence-electron chi connectivity index (χ4n) is 4.77. The summed E-state index contributed by atoms with van der Waals surface area (Å²) in [6.45, 7) is 4.22. The van der Waals surface area contributed by atoms with Crippen LogP contribution < -0.4 is 0 Å². The largest absolute Gasteiger partial charge is 0.345 e. The Labute approximate surface area is 193 Å². The van der Waals surface area contributed by atoms with Crippen LogP contribution in [-0.4, -0.2) is 72.8 Å². The molecule has 2 heterocycles. The first-order valence-electron chi connectivity index (χ1n) is 11.5. The summed E-state index contributed by atoms with van der Waals surface area (Å²) >= 11 is 0. The second-order valence-corrected chi connectivity index (χ2v) is 9.01. The standard InChI is InChI=1S/C26H33N3O2.CH4/c1-27(2)25(30)22-12-8-20(9-13-22)21-10-14-23(15-11-21)26(31)29-18-6-7-24(29)19-28-16-4-3-5-17-28;/h8-15,24H,3-7,16-19H2,1-2H3;1H4/t24-;/m0./s1. The third-order valence-electron chi connectivity index (χ3n) is 6.56. The topological polar surface area (TPSA) is 43.9 Å². The van der Waals surface area contributed by atoms with E-state index >= 15 is 0 Å². The molecular formula is C27H37N3O2. The van der Waals surface area contributed by atoms with Gasteiger partial charge in [0.15, 0.2) is 0 Å². The van der Waals surface area contributed by atoms with Crippen LogP contribution in [-0.2, 0) is 0 Å².